The summed E-state index contributed by atoms with van der Waals surface area (Å²) in [5.74, 6) is 0. The van der Waals surface area contributed by atoms with E-state index in [1.54, 1.807) is 0 Å². The van der Waals surface area contributed by atoms with Crippen molar-refractivity contribution in [3.8, 4) is 0 Å². The third-order valence-corrected chi connectivity index (χ3v) is 3.37. The third kappa shape index (κ3) is 9.64. The van der Waals surface area contributed by atoms with Gasteiger partial charge in [-0.05, 0) is 25.7 Å². The van der Waals surface area contributed by atoms with Crippen molar-refractivity contribution in [3.63, 3.8) is 0 Å². The molecule has 0 amide bonds. The van der Waals surface area contributed by atoms with Gasteiger partial charge >= 0.3 is 0 Å². The number of ether oxygens (including phenoxy) is 1. The van der Waals surface area contributed by atoms with Crippen molar-refractivity contribution in [2.24, 2.45) is 0 Å². The van der Waals surface area contributed by atoms with E-state index in [1.807, 2.05) is 0 Å². The average molecular weight is 242 g/mol. The molecule has 0 aromatic heterocycles. The predicted octanol–water partition coefficient (Wildman–Crippen LogP) is 5.72. The second-order valence-corrected chi connectivity index (χ2v) is 5.24. The molecule has 0 aromatic rings. The molecule has 1 nitrogen and oxygen atoms in total. The van der Waals surface area contributed by atoms with Crippen molar-refractivity contribution in [2.75, 3.05) is 0 Å². The van der Waals surface area contributed by atoms with Gasteiger partial charge in [0.05, 0.1) is 12.2 Å². The van der Waals surface area contributed by atoms with E-state index < -0.39 is 0 Å². The Morgan fingerprint density at radius 3 is 1.29 bits per heavy atom. The van der Waals surface area contributed by atoms with Crippen LogP contribution in [0.15, 0.2) is 0 Å². The Labute approximate surface area is 109 Å². The number of unbranched alkanes of at least 4 members (excludes halogenated alkanes) is 2. The number of rotatable bonds is 12. The van der Waals surface area contributed by atoms with Crippen LogP contribution in [0.1, 0.15) is 91.9 Å². The summed E-state index contributed by atoms with van der Waals surface area (Å²) in [4.78, 5) is 0. The summed E-state index contributed by atoms with van der Waals surface area (Å²) >= 11 is 0. The van der Waals surface area contributed by atoms with Crippen molar-refractivity contribution in [2.45, 2.75) is 104 Å². The van der Waals surface area contributed by atoms with E-state index in [9.17, 15) is 0 Å². The molecule has 0 saturated heterocycles. The molecule has 0 N–H and O–H groups in total. The van der Waals surface area contributed by atoms with Crippen LogP contribution in [0.25, 0.3) is 0 Å². The average Bonchev–Trinajstić information content (AvgIpc) is 2.33. The molecule has 2 unspecified atom stereocenters. The van der Waals surface area contributed by atoms with Gasteiger partial charge in [-0.2, -0.15) is 0 Å². The van der Waals surface area contributed by atoms with E-state index in [1.165, 1.54) is 64.2 Å². The predicted molar refractivity (Wildman–Crippen MR) is 77.5 cm³/mol. The van der Waals surface area contributed by atoms with Gasteiger partial charge in [-0.3, -0.25) is 0 Å². The Morgan fingerprint density at radius 2 is 1.00 bits per heavy atom. The highest BCUT2D eigenvalue weighted by Crippen LogP contribution is 2.19. The molecule has 0 heterocycles. The van der Waals surface area contributed by atoms with Gasteiger partial charge in [0.2, 0.25) is 0 Å². The minimum absolute atomic E-state index is 0.522. The summed E-state index contributed by atoms with van der Waals surface area (Å²) in [6.07, 6.45) is 13.8. The maximum Gasteiger partial charge on any atom is 0.0578 e. The Kier molecular flexibility index (Phi) is 12.4. The van der Waals surface area contributed by atoms with Gasteiger partial charge < -0.3 is 4.74 Å². The van der Waals surface area contributed by atoms with Gasteiger partial charge in [-0.15, -0.1) is 0 Å². The van der Waals surface area contributed by atoms with E-state index in [-0.39, 0.29) is 0 Å². The van der Waals surface area contributed by atoms with Crippen molar-refractivity contribution >= 4 is 0 Å². The highest BCUT2D eigenvalue weighted by Gasteiger charge is 2.14. The van der Waals surface area contributed by atoms with E-state index in [2.05, 4.69) is 27.7 Å². The molecule has 0 spiro atoms. The van der Waals surface area contributed by atoms with Crippen LogP contribution in [-0.4, -0.2) is 12.2 Å². The molecule has 0 aliphatic rings. The maximum absolute atomic E-state index is 6.34. The van der Waals surface area contributed by atoms with Gasteiger partial charge in [-0.1, -0.05) is 66.2 Å². The van der Waals surface area contributed by atoms with E-state index in [4.69, 9.17) is 4.74 Å². The molecular formula is C16H34O. The second kappa shape index (κ2) is 12.4. The molecule has 0 fully saturated rings. The molecule has 0 bridgehead atoms. The van der Waals surface area contributed by atoms with E-state index >= 15 is 0 Å². The summed E-state index contributed by atoms with van der Waals surface area (Å²) in [7, 11) is 0. The van der Waals surface area contributed by atoms with Crippen LogP contribution in [0.3, 0.4) is 0 Å². The first-order valence-electron chi connectivity index (χ1n) is 7.93. The fraction of sp³-hybridized carbons (Fsp3) is 1.00. The molecule has 0 radical (unpaired) electrons. The first kappa shape index (κ1) is 17.0. The van der Waals surface area contributed by atoms with Crippen LogP contribution in [0.4, 0.5) is 0 Å². The zero-order valence-electron chi connectivity index (χ0n) is 12.6. The highest BCUT2D eigenvalue weighted by molar-refractivity contribution is 4.64. The molecule has 0 aliphatic heterocycles. The Hall–Kier alpha value is -0.0400. The fourth-order valence-electron chi connectivity index (χ4n) is 2.34. The normalized spacial score (nSPS) is 14.8. The van der Waals surface area contributed by atoms with Crippen LogP contribution in [0.5, 0.6) is 0 Å². The first-order chi connectivity index (χ1) is 8.28. The molecule has 0 aromatic carbocycles. The summed E-state index contributed by atoms with van der Waals surface area (Å²) in [5, 5.41) is 0. The SMILES string of the molecule is CCCCC(CCC)OC(CCC)CCCC. The van der Waals surface area contributed by atoms with Crippen LogP contribution in [-0.2, 0) is 4.74 Å². The molecule has 104 valence electrons. The van der Waals surface area contributed by atoms with Crippen LogP contribution >= 0.6 is 0 Å². The van der Waals surface area contributed by atoms with Gasteiger partial charge in [0.25, 0.3) is 0 Å². The van der Waals surface area contributed by atoms with Gasteiger partial charge in [0.15, 0.2) is 0 Å². The summed E-state index contributed by atoms with van der Waals surface area (Å²) in [6, 6.07) is 0. The third-order valence-electron chi connectivity index (χ3n) is 3.37. The number of hydrogen-bond donors (Lipinski definition) is 0. The van der Waals surface area contributed by atoms with E-state index in [0.29, 0.717) is 12.2 Å². The van der Waals surface area contributed by atoms with Crippen molar-refractivity contribution in [1.29, 1.82) is 0 Å². The Morgan fingerprint density at radius 1 is 0.588 bits per heavy atom. The molecular weight excluding hydrogens is 208 g/mol. The molecule has 0 saturated carbocycles. The number of hydrogen-bond acceptors (Lipinski definition) is 1. The second-order valence-electron chi connectivity index (χ2n) is 5.24. The lowest BCUT2D eigenvalue weighted by molar-refractivity contribution is -0.0305. The van der Waals surface area contributed by atoms with Crippen molar-refractivity contribution < 1.29 is 4.74 Å². The lowest BCUT2D eigenvalue weighted by Gasteiger charge is -2.24. The fourth-order valence-corrected chi connectivity index (χ4v) is 2.34. The van der Waals surface area contributed by atoms with Crippen molar-refractivity contribution in [3.05, 3.63) is 0 Å². The monoisotopic (exact) mass is 242 g/mol. The lowest BCUT2D eigenvalue weighted by atomic mass is 10.0. The molecule has 17 heavy (non-hydrogen) atoms. The molecule has 0 rings (SSSR count). The van der Waals surface area contributed by atoms with Gasteiger partial charge in [0, 0.05) is 0 Å². The highest BCUT2D eigenvalue weighted by atomic mass is 16.5. The Bertz CT molecular complexity index is 128. The molecule has 2 atom stereocenters. The summed E-state index contributed by atoms with van der Waals surface area (Å²) in [5.41, 5.74) is 0. The maximum atomic E-state index is 6.34. The minimum atomic E-state index is 0.522. The van der Waals surface area contributed by atoms with Crippen LogP contribution < -0.4 is 0 Å². The van der Waals surface area contributed by atoms with Gasteiger partial charge in [-0.25, -0.2) is 0 Å². The lowest BCUT2D eigenvalue weighted by Crippen LogP contribution is -2.22. The zero-order chi connectivity index (χ0) is 12.9. The topological polar surface area (TPSA) is 9.23 Å². The standard InChI is InChI=1S/C16H34O/c1-5-9-13-15(11-7-3)17-16(12-8-4)14-10-6-2/h15-16H,5-14H2,1-4H3. The first-order valence-corrected chi connectivity index (χ1v) is 7.93. The zero-order valence-corrected chi connectivity index (χ0v) is 12.6. The Balaban J connectivity index is 4.02. The largest absolute Gasteiger partial charge is 0.375 e. The smallest absolute Gasteiger partial charge is 0.0578 e. The molecule has 0 aliphatic carbocycles. The van der Waals surface area contributed by atoms with Crippen molar-refractivity contribution in [1.82, 2.24) is 0 Å². The quantitative estimate of drug-likeness (QED) is 0.425. The van der Waals surface area contributed by atoms with Gasteiger partial charge in [0.1, 0.15) is 0 Å². The van der Waals surface area contributed by atoms with Crippen LogP contribution in [0, 0.1) is 0 Å². The minimum Gasteiger partial charge on any atom is -0.375 e. The van der Waals surface area contributed by atoms with E-state index in [0.717, 1.165) is 0 Å². The summed E-state index contributed by atoms with van der Waals surface area (Å²) in [6.45, 7) is 9.07. The van der Waals surface area contributed by atoms with Crippen LogP contribution in [0.2, 0.25) is 0 Å². The summed E-state index contributed by atoms with van der Waals surface area (Å²) < 4.78 is 6.34. The molecule has 1 heteroatoms.